The molecular formula is C14H18BrN3O2. The van der Waals surface area contributed by atoms with Crippen molar-refractivity contribution in [2.45, 2.75) is 37.8 Å². The Morgan fingerprint density at radius 3 is 2.85 bits per heavy atom. The zero-order valence-corrected chi connectivity index (χ0v) is 12.7. The van der Waals surface area contributed by atoms with Crippen molar-refractivity contribution in [2.75, 3.05) is 6.61 Å². The van der Waals surface area contributed by atoms with Gasteiger partial charge < -0.3 is 20.4 Å². The summed E-state index contributed by atoms with van der Waals surface area (Å²) in [4.78, 5) is 16.8. The molecule has 1 aromatic carbocycles. The number of hydrogen-bond donors (Lipinski definition) is 3. The highest BCUT2D eigenvalue weighted by Crippen LogP contribution is 2.29. The highest BCUT2D eigenvalue weighted by molar-refractivity contribution is 9.10. The third kappa shape index (κ3) is 2.82. The molecule has 20 heavy (non-hydrogen) atoms. The molecule has 0 amide bonds. The van der Waals surface area contributed by atoms with Crippen molar-refractivity contribution < 1.29 is 4.74 Å². The van der Waals surface area contributed by atoms with Crippen LogP contribution in [-0.2, 0) is 4.74 Å². The zero-order chi connectivity index (χ0) is 14.1. The first-order valence-electron chi connectivity index (χ1n) is 6.92. The van der Waals surface area contributed by atoms with Gasteiger partial charge in [0.25, 0.3) is 0 Å². The molecule has 1 aromatic heterocycles. The average molecular weight is 340 g/mol. The molecule has 4 N–H and O–H groups in total. The molecule has 3 rings (SSSR count). The second-order valence-electron chi connectivity index (χ2n) is 5.32. The molecule has 6 heteroatoms. The summed E-state index contributed by atoms with van der Waals surface area (Å²) in [5.41, 5.74) is 8.69. The minimum atomic E-state index is -0.197. The molecule has 0 spiro atoms. The zero-order valence-electron chi connectivity index (χ0n) is 11.1. The van der Waals surface area contributed by atoms with E-state index in [0.717, 1.165) is 53.4 Å². The number of fused-ring (bicyclic) bond motifs is 1. The van der Waals surface area contributed by atoms with Gasteiger partial charge in [-0.25, -0.2) is 4.79 Å². The van der Waals surface area contributed by atoms with Crippen molar-refractivity contribution in [1.82, 2.24) is 9.97 Å². The Morgan fingerprint density at radius 2 is 2.15 bits per heavy atom. The summed E-state index contributed by atoms with van der Waals surface area (Å²) >= 11 is 3.53. The molecule has 2 heterocycles. The molecule has 5 nitrogen and oxygen atoms in total. The van der Waals surface area contributed by atoms with E-state index in [1.54, 1.807) is 0 Å². The molecule has 0 aliphatic carbocycles. The van der Waals surface area contributed by atoms with Crippen molar-refractivity contribution in [2.24, 2.45) is 5.73 Å². The molecule has 0 saturated carbocycles. The van der Waals surface area contributed by atoms with Crippen LogP contribution in [0.1, 0.15) is 37.3 Å². The number of hydrogen-bond acceptors (Lipinski definition) is 3. The van der Waals surface area contributed by atoms with Crippen LogP contribution in [0.2, 0.25) is 0 Å². The number of aromatic amines is 2. The topological polar surface area (TPSA) is 83.9 Å². The van der Waals surface area contributed by atoms with Crippen LogP contribution in [0, 0.1) is 0 Å². The SMILES string of the molecule is NC(CCC1CCCO1)c1cc2[nH]c(=O)[nH]c2cc1Br. The van der Waals surface area contributed by atoms with Gasteiger partial charge in [-0.15, -0.1) is 0 Å². The fourth-order valence-electron chi connectivity index (χ4n) is 2.75. The maximum Gasteiger partial charge on any atom is 0.323 e. The summed E-state index contributed by atoms with van der Waals surface area (Å²) in [5, 5.41) is 0. The summed E-state index contributed by atoms with van der Waals surface area (Å²) in [6.45, 7) is 0.875. The van der Waals surface area contributed by atoms with E-state index in [0.29, 0.717) is 6.10 Å². The number of H-pyrrole nitrogens is 2. The lowest BCUT2D eigenvalue weighted by atomic mass is 9.99. The third-order valence-corrected chi connectivity index (χ3v) is 4.54. The lowest BCUT2D eigenvalue weighted by Crippen LogP contribution is -2.15. The van der Waals surface area contributed by atoms with E-state index in [2.05, 4.69) is 25.9 Å². The number of aromatic nitrogens is 2. The van der Waals surface area contributed by atoms with Gasteiger partial charge >= 0.3 is 5.69 Å². The molecule has 2 unspecified atom stereocenters. The molecule has 108 valence electrons. The molecule has 1 aliphatic heterocycles. The average Bonchev–Trinajstić information content (AvgIpc) is 3.03. The van der Waals surface area contributed by atoms with E-state index >= 15 is 0 Å². The second kappa shape index (κ2) is 5.71. The highest BCUT2D eigenvalue weighted by Gasteiger charge is 2.18. The van der Waals surface area contributed by atoms with Gasteiger partial charge in [-0.05, 0) is 43.4 Å². The lowest BCUT2D eigenvalue weighted by molar-refractivity contribution is 0.101. The predicted octanol–water partition coefficient (Wildman–Crippen LogP) is 2.58. The maximum atomic E-state index is 11.3. The standard InChI is InChI=1S/C14H18BrN3O2/c15-10-7-13-12(17-14(19)18-13)6-9(10)11(16)4-3-8-2-1-5-20-8/h6-8,11H,1-5,16H2,(H2,17,18,19). The van der Waals surface area contributed by atoms with E-state index in [1.807, 2.05) is 12.1 Å². The minimum absolute atomic E-state index is 0.0589. The first-order chi connectivity index (χ1) is 9.63. The smallest absolute Gasteiger partial charge is 0.323 e. The summed E-state index contributed by atoms with van der Waals surface area (Å²) in [6.07, 6.45) is 4.51. The Balaban J connectivity index is 1.77. The Morgan fingerprint density at radius 1 is 1.40 bits per heavy atom. The van der Waals surface area contributed by atoms with Crippen LogP contribution in [0.4, 0.5) is 0 Å². The number of halogens is 1. The van der Waals surface area contributed by atoms with E-state index in [1.165, 1.54) is 0 Å². The first-order valence-corrected chi connectivity index (χ1v) is 7.71. The van der Waals surface area contributed by atoms with Crippen LogP contribution in [0.25, 0.3) is 11.0 Å². The van der Waals surface area contributed by atoms with Crippen LogP contribution in [0.5, 0.6) is 0 Å². The van der Waals surface area contributed by atoms with Crippen LogP contribution in [0.3, 0.4) is 0 Å². The largest absolute Gasteiger partial charge is 0.378 e. The molecule has 0 radical (unpaired) electrons. The summed E-state index contributed by atoms with van der Waals surface area (Å²) in [6, 6.07) is 3.78. The summed E-state index contributed by atoms with van der Waals surface area (Å²) < 4.78 is 6.55. The van der Waals surface area contributed by atoms with Gasteiger partial charge in [0.2, 0.25) is 0 Å². The van der Waals surface area contributed by atoms with E-state index in [-0.39, 0.29) is 11.7 Å². The Hall–Kier alpha value is -1.11. The van der Waals surface area contributed by atoms with E-state index in [9.17, 15) is 4.79 Å². The minimum Gasteiger partial charge on any atom is -0.378 e. The predicted molar refractivity (Wildman–Crippen MR) is 81.8 cm³/mol. The Labute approximate surface area is 125 Å². The van der Waals surface area contributed by atoms with Crippen molar-refractivity contribution in [1.29, 1.82) is 0 Å². The molecular weight excluding hydrogens is 322 g/mol. The maximum absolute atomic E-state index is 11.3. The second-order valence-corrected chi connectivity index (χ2v) is 6.17. The lowest BCUT2D eigenvalue weighted by Gasteiger charge is -2.16. The third-order valence-electron chi connectivity index (χ3n) is 3.86. The molecule has 0 bridgehead atoms. The van der Waals surface area contributed by atoms with Gasteiger partial charge in [0.05, 0.1) is 17.1 Å². The van der Waals surface area contributed by atoms with Crippen molar-refractivity contribution in [3.8, 4) is 0 Å². The summed E-state index contributed by atoms with van der Waals surface area (Å²) in [7, 11) is 0. The number of nitrogens with one attached hydrogen (secondary N) is 2. The van der Waals surface area contributed by atoms with Crippen molar-refractivity contribution in [3.05, 3.63) is 32.7 Å². The highest BCUT2D eigenvalue weighted by atomic mass is 79.9. The van der Waals surface area contributed by atoms with Crippen molar-refractivity contribution >= 4 is 27.0 Å². The number of benzene rings is 1. The number of rotatable bonds is 4. The van der Waals surface area contributed by atoms with Gasteiger partial charge in [-0.2, -0.15) is 0 Å². The molecule has 2 aromatic rings. The van der Waals surface area contributed by atoms with Crippen LogP contribution >= 0.6 is 15.9 Å². The van der Waals surface area contributed by atoms with Crippen LogP contribution in [0.15, 0.2) is 21.4 Å². The fourth-order valence-corrected chi connectivity index (χ4v) is 3.39. The van der Waals surface area contributed by atoms with Gasteiger partial charge in [0, 0.05) is 17.1 Å². The van der Waals surface area contributed by atoms with E-state index < -0.39 is 0 Å². The van der Waals surface area contributed by atoms with Gasteiger partial charge in [-0.1, -0.05) is 15.9 Å². The van der Waals surface area contributed by atoms with Crippen LogP contribution in [-0.4, -0.2) is 22.7 Å². The van der Waals surface area contributed by atoms with Gasteiger partial charge in [0.1, 0.15) is 0 Å². The number of imidazole rings is 1. The summed E-state index contributed by atoms with van der Waals surface area (Å²) in [5.74, 6) is 0. The normalized spacial score (nSPS) is 20.6. The molecule has 1 aliphatic rings. The van der Waals surface area contributed by atoms with Crippen molar-refractivity contribution in [3.63, 3.8) is 0 Å². The molecule has 1 saturated heterocycles. The van der Waals surface area contributed by atoms with Crippen LogP contribution < -0.4 is 11.4 Å². The fraction of sp³-hybridized carbons (Fsp3) is 0.500. The first kappa shape index (κ1) is 13.9. The quantitative estimate of drug-likeness (QED) is 0.800. The molecule has 2 atom stereocenters. The Kier molecular flexibility index (Phi) is 3.96. The Bertz CT molecular complexity index is 658. The van der Waals surface area contributed by atoms with Gasteiger partial charge in [-0.3, -0.25) is 0 Å². The number of ether oxygens (including phenoxy) is 1. The number of nitrogens with two attached hydrogens (primary N) is 1. The van der Waals surface area contributed by atoms with E-state index in [4.69, 9.17) is 10.5 Å². The monoisotopic (exact) mass is 339 g/mol. The van der Waals surface area contributed by atoms with Gasteiger partial charge in [0.15, 0.2) is 0 Å². The molecule has 1 fully saturated rings.